The maximum atomic E-state index is 5.43. The lowest BCUT2D eigenvalue weighted by atomic mass is 9.91. The largest absolute Gasteiger partial charge is 0.329 e. The number of nitrogens with one attached hydrogen (secondary N) is 1. The second-order valence-corrected chi connectivity index (χ2v) is 6.60. The number of hydrogen-bond acceptors (Lipinski definition) is 3. The summed E-state index contributed by atoms with van der Waals surface area (Å²) in [5.74, 6) is 0. The molecule has 0 aromatic carbocycles. The molecule has 0 amide bonds. The number of thiophene rings is 1. The number of nitrogens with zero attached hydrogens (tertiary/aromatic N) is 2. The second-order valence-electron chi connectivity index (χ2n) is 5.27. The quantitative estimate of drug-likeness (QED) is 0.735. The zero-order valence-corrected chi connectivity index (χ0v) is 12.5. The van der Waals surface area contributed by atoms with E-state index in [1.54, 1.807) is 17.5 Å². The monoisotopic (exact) mass is 289 g/mol. The van der Waals surface area contributed by atoms with Crippen LogP contribution in [0.15, 0.2) is 36.0 Å². The van der Waals surface area contributed by atoms with Crippen molar-refractivity contribution in [1.29, 1.82) is 0 Å². The highest BCUT2D eigenvalue weighted by Crippen LogP contribution is 2.30. The van der Waals surface area contributed by atoms with E-state index in [-0.39, 0.29) is 5.41 Å². The molecule has 1 N–H and O–H groups in total. The average molecular weight is 289 g/mol. The van der Waals surface area contributed by atoms with Crippen LogP contribution in [0.5, 0.6) is 0 Å². The predicted molar refractivity (Wildman–Crippen MR) is 82.3 cm³/mol. The Morgan fingerprint density at radius 2 is 2.26 bits per heavy atom. The van der Waals surface area contributed by atoms with Crippen molar-refractivity contribution >= 4 is 34.6 Å². The Hall–Kier alpha value is -1.46. The molecule has 0 bridgehead atoms. The van der Waals surface area contributed by atoms with Gasteiger partial charge in [0, 0.05) is 23.0 Å². The Bertz CT molecular complexity index is 750. The summed E-state index contributed by atoms with van der Waals surface area (Å²) in [5.41, 5.74) is 2.17. The van der Waals surface area contributed by atoms with E-state index in [0.29, 0.717) is 0 Å². The normalized spacial score (nSPS) is 12.1. The van der Waals surface area contributed by atoms with Crippen LogP contribution >= 0.6 is 23.6 Å². The van der Waals surface area contributed by atoms with Gasteiger partial charge >= 0.3 is 0 Å². The van der Waals surface area contributed by atoms with Crippen molar-refractivity contribution in [3.8, 4) is 0 Å². The SMILES string of the molecule is CC(C)(Cn1c(=S)[nH]c2cnccc21)c1cccs1. The smallest absolute Gasteiger partial charge is 0.178 e. The molecular weight excluding hydrogens is 274 g/mol. The molecular formula is C14H15N3S2. The fraction of sp³-hybridized carbons (Fsp3) is 0.286. The topological polar surface area (TPSA) is 33.6 Å². The number of hydrogen-bond donors (Lipinski definition) is 1. The summed E-state index contributed by atoms with van der Waals surface area (Å²) in [6, 6.07) is 6.29. The maximum Gasteiger partial charge on any atom is 0.178 e. The molecule has 0 unspecified atom stereocenters. The minimum absolute atomic E-state index is 0.0603. The van der Waals surface area contributed by atoms with E-state index in [9.17, 15) is 0 Å². The van der Waals surface area contributed by atoms with Gasteiger partial charge in [0.15, 0.2) is 4.77 Å². The second kappa shape index (κ2) is 4.58. The van der Waals surface area contributed by atoms with Crippen LogP contribution in [0.4, 0.5) is 0 Å². The van der Waals surface area contributed by atoms with Gasteiger partial charge in [-0.05, 0) is 29.7 Å². The minimum atomic E-state index is 0.0603. The molecule has 19 heavy (non-hydrogen) atoms. The van der Waals surface area contributed by atoms with Crippen LogP contribution in [0.25, 0.3) is 11.0 Å². The molecule has 3 aromatic rings. The highest BCUT2D eigenvalue weighted by molar-refractivity contribution is 7.71. The first kappa shape index (κ1) is 12.6. The molecule has 0 saturated carbocycles. The van der Waals surface area contributed by atoms with Gasteiger partial charge in [-0.15, -0.1) is 11.3 Å². The summed E-state index contributed by atoms with van der Waals surface area (Å²) in [7, 11) is 0. The first-order valence-electron chi connectivity index (χ1n) is 6.14. The summed E-state index contributed by atoms with van der Waals surface area (Å²) in [4.78, 5) is 8.71. The van der Waals surface area contributed by atoms with Crippen molar-refractivity contribution in [3.63, 3.8) is 0 Å². The van der Waals surface area contributed by atoms with Gasteiger partial charge < -0.3 is 9.55 Å². The van der Waals surface area contributed by atoms with Crippen LogP contribution in [0.2, 0.25) is 0 Å². The summed E-state index contributed by atoms with van der Waals surface area (Å²) < 4.78 is 2.92. The fourth-order valence-electron chi connectivity index (χ4n) is 2.30. The van der Waals surface area contributed by atoms with E-state index >= 15 is 0 Å². The Kier molecular flexibility index (Phi) is 3.03. The number of aromatic amines is 1. The van der Waals surface area contributed by atoms with Crippen molar-refractivity contribution < 1.29 is 0 Å². The molecule has 0 fully saturated rings. The van der Waals surface area contributed by atoms with Gasteiger partial charge in [0.1, 0.15) is 0 Å². The fourth-order valence-corrected chi connectivity index (χ4v) is 3.42. The van der Waals surface area contributed by atoms with Gasteiger partial charge in [0.25, 0.3) is 0 Å². The number of aromatic nitrogens is 3. The van der Waals surface area contributed by atoms with Crippen molar-refractivity contribution in [2.24, 2.45) is 0 Å². The van der Waals surface area contributed by atoms with Crippen LogP contribution < -0.4 is 0 Å². The molecule has 0 atom stereocenters. The van der Waals surface area contributed by atoms with Gasteiger partial charge in [-0.25, -0.2) is 0 Å². The van der Waals surface area contributed by atoms with Crippen LogP contribution in [0, 0.1) is 4.77 Å². The van der Waals surface area contributed by atoms with Gasteiger partial charge in [-0.2, -0.15) is 0 Å². The van der Waals surface area contributed by atoms with Crippen molar-refractivity contribution in [1.82, 2.24) is 14.5 Å². The van der Waals surface area contributed by atoms with Crippen molar-refractivity contribution in [2.75, 3.05) is 0 Å². The zero-order valence-electron chi connectivity index (χ0n) is 10.9. The third-order valence-electron chi connectivity index (χ3n) is 3.32. The molecule has 3 aromatic heterocycles. The third kappa shape index (κ3) is 2.24. The standard InChI is InChI=1S/C14H15N3S2/c1-14(2,12-4-3-7-19-12)9-17-11-5-6-15-8-10(11)16-13(17)18/h3-8H,9H2,1-2H3,(H,16,18). The predicted octanol–water partition coefficient (Wildman–Crippen LogP) is 4.13. The van der Waals surface area contributed by atoms with E-state index in [1.165, 1.54) is 4.88 Å². The number of pyridine rings is 1. The molecule has 5 heteroatoms. The lowest BCUT2D eigenvalue weighted by Gasteiger charge is -2.24. The molecule has 3 heterocycles. The summed E-state index contributed by atoms with van der Waals surface area (Å²) in [5, 5.41) is 2.12. The molecule has 0 radical (unpaired) electrons. The van der Waals surface area contributed by atoms with Gasteiger partial charge in [0.2, 0.25) is 0 Å². The first-order chi connectivity index (χ1) is 9.08. The number of fused-ring (bicyclic) bond motifs is 1. The summed E-state index contributed by atoms with van der Waals surface area (Å²) in [6.07, 6.45) is 3.62. The molecule has 3 rings (SSSR count). The van der Waals surface area contributed by atoms with E-state index < -0.39 is 0 Å². The van der Waals surface area contributed by atoms with Crippen molar-refractivity contribution in [3.05, 3.63) is 45.6 Å². The summed E-state index contributed by atoms with van der Waals surface area (Å²) in [6.45, 7) is 5.36. The lowest BCUT2D eigenvalue weighted by Crippen LogP contribution is -2.23. The number of rotatable bonds is 3. The molecule has 98 valence electrons. The highest BCUT2D eigenvalue weighted by atomic mass is 32.1. The molecule has 3 nitrogen and oxygen atoms in total. The highest BCUT2D eigenvalue weighted by Gasteiger charge is 2.23. The molecule has 0 aliphatic rings. The van der Waals surface area contributed by atoms with E-state index in [2.05, 4.69) is 45.9 Å². The third-order valence-corrected chi connectivity index (χ3v) is 4.88. The maximum absolute atomic E-state index is 5.43. The average Bonchev–Trinajstić information content (AvgIpc) is 2.99. The van der Waals surface area contributed by atoms with E-state index in [0.717, 1.165) is 22.3 Å². The Balaban J connectivity index is 2.07. The van der Waals surface area contributed by atoms with Crippen LogP contribution in [-0.2, 0) is 12.0 Å². The molecule has 0 aliphatic heterocycles. The van der Waals surface area contributed by atoms with Crippen LogP contribution in [-0.4, -0.2) is 14.5 Å². The first-order valence-corrected chi connectivity index (χ1v) is 7.43. The van der Waals surface area contributed by atoms with Crippen LogP contribution in [0.3, 0.4) is 0 Å². The minimum Gasteiger partial charge on any atom is -0.329 e. The van der Waals surface area contributed by atoms with Gasteiger partial charge in [-0.1, -0.05) is 19.9 Å². The Morgan fingerprint density at radius 1 is 1.42 bits per heavy atom. The van der Waals surface area contributed by atoms with Crippen molar-refractivity contribution in [2.45, 2.75) is 25.8 Å². The summed E-state index contributed by atoms with van der Waals surface area (Å²) >= 11 is 7.23. The Labute approximate surface area is 120 Å². The molecule has 0 saturated heterocycles. The van der Waals surface area contributed by atoms with Crippen LogP contribution in [0.1, 0.15) is 18.7 Å². The lowest BCUT2D eigenvalue weighted by molar-refractivity contribution is 0.447. The number of imidazole rings is 1. The van der Waals surface area contributed by atoms with E-state index in [1.807, 2.05) is 12.3 Å². The number of H-pyrrole nitrogens is 1. The van der Waals surface area contributed by atoms with Gasteiger partial charge in [0.05, 0.1) is 17.2 Å². The van der Waals surface area contributed by atoms with E-state index in [4.69, 9.17) is 12.2 Å². The zero-order chi connectivity index (χ0) is 13.5. The Morgan fingerprint density at radius 3 is 3.00 bits per heavy atom. The van der Waals surface area contributed by atoms with Gasteiger partial charge in [-0.3, -0.25) is 4.98 Å². The molecule has 0 aliphatic carbocycles. The molecule has 0 spiro atoms.